The van der Waals surface area contributed by atoms with Crippen LogP contribution < -0.4 is 0 Å². The predicted molar refractivity (Wildman–Crippen MR) is 97.2 cm³/mol. The molecular weight excluding hydrogens is 346 g/mol. The summed E-state index contributed by atoms with van der Waals surface area (Å²) in [6, 6.07) is 7.80. The van der Waals surface area contributed by atoms with Crippen LogP contribution in [0.5, 0.6) is 0 Å². The highest BCUT2D eigenvalue weighted by molar-refractivity contribution is 7.20. The van der Waals surface area contributed by atoms with Crippen LogP contribution in [0, 0.1) is 0 Å². The minimum absolute atomic E-state index is 0.130. The minimum atomic E-state index is -0.766. The summed E-state index contributed by atoms with van der Waals surface area (Å²) in [6.45, 7) is 3.10. The number of carbonyl (C=O) groups is 2. The molecule has 0 radical (unpaired) electrons. The van der Waals surface area contributed by atoms with Gasteiger partial charge in [0, 0.05) is 34.1 Å². The summed E-state index contributed by atoms with van der Waals surface area (Å²) in [6.07, 6.45) is 4.22. The summed E-state index contributed by atoms with van der Waals surface area (Å²) >= 11 is 7.84. The lowest BCUT2D eigenvalue weighted by molar-refractivity contribution is -0.154. The average Bonchev–Trinajstić information content (AvgIpc) is 3.21. The number of hydrogen-bond acceptors (Lipinski definition) is 4. The van der Waals surface area contributed by atoms with Gasteiger partial charge in [-0.25, -0.2) is 4.79 Å². The van der Waals surface area contributed by atoms with E-state index < -0.39 is 12.1 Å². The molecule has 126 valence electrons. The molecule has 2 heterocycles. The van der Waals surface area contributed by atoms with E-state index in [1.54, 1.807) is 17.9 Å². The van der Waals surface area contributed by atoms with Crippen LogP contribution in [-0.2, 0) is 14.3 Å². The van der Waals surface area contributed by atoms with Crippen molar-refractivity contribution in [2.45, 2.75) is 25.9 Å². The fourth-order valence-electron chi connectivity index (χ4n) is 2.74. The van der Waals surface area contributed by atoms with Crippen molar-refractivity contribution in [2.24, 2.45) is 0 Å². The van der Waals surface area contributed by atoms with Crippen molar-refractivity contribution < 1.29 is 14.3 Å². The summed E-state index contributed by atoms with van der Waals surface area (Å²) in [5, 5.41) is 1.59. The highest BCUT2D eigenvalue weighted by Gasteiger charge is 2.25. The molecule has 3 rings (SSSR count). The lowest BCUT2D eigenvalue weighted by Crippen LogP contribution is -2.37. The Bertz CT molecular complexity index is 793. The average molecular weight is 364 g/mol. The molecule has 0 bridgehead atoms. The first-order valence-electron chi connectivity index (χ1n) is 7.91. The zero-order valence-electron chi connectivity index (χ0n) is 13.3. The molecule has 1 aromatic carbocycles. The summed E-state index contributed by atoms with van der Waals surface area (Å²) in [5.41, 5.74) is 0. The first-order chi connectivity index (χ1) is 11.6. The molecule has 0 unspecified atom stereocenters. The van der Waals surface area contributed by atoms with E-state index in [0.29, 0.717) is 5.02 Å². The summed E-state index contributed by atoms with van der Waals surface area (Å²) < 4.78 is 6.27. The number of amides is 1. The minimum Gasteiger partial charge on any atom is -0.449 e. The van der Waals surface area contributed by atoms with Crippen molar-refractivity contribution in [2.75, 3.05) is 13.1 Å². The number of likely N-dealkylation sites (tertiary alicyclic amines) is 1. The molecule has 1 saturated heterocycles. The molecule has 0 aliphatic carbocycles. The number of benzene rings is 1. The normalized spacial score (nSPS) is 16.0. The van der Waals surface area contributed by atoms with E-state index in [1.807, 2.05) is 24.3 Å². The third kappa shape index (κ3) is 3.62. The molecule has 6 heteroatoms. The Labute approximate surface area is 149 Å². The molecule has 24 heavy (non-hydrogen) atoms. The van der Waals surface area contributed by atoms with Crippen molar-refractivity contribution in [1.29, 1.82) is 0 Å². The van der Waals surface area contributed by atoms with E-state index in [0.717, 1.165) is 40.9 Å². The van der Waals surface area contributed by atoms with Crippen molar-refractivity contribution in [3.05, 3.63) is 40.2 Å². The van der Waals surface area contributed by atoms with Crippen molar-refractivity contribution >= 4 is 51.0 Å². The topological polar surface area (TPSA) is 46.6 Å². The SMILES string of the molecule is C[C@H](OC(=O)/C=C/c1sc2ccccc2c1Cl)C(=O)N1CCCC1. The molecule has 0 N–H and O–H groups in total. The molecule has 0 saturated carbocycles. The van der Waals surface area contributed by atoms with E-state index in [1.165, 1.54) is 17.4 Å². The fraction of sp³-hybridized carbons (Fsp3) is 0.333. The van der Waals surface area contributed by atoms with Crippen LogP contribution in [-0.4, -0.2) is 36.0 Å². The molecule has 1 amide bonds. The van der Waals surface area contributed by atoms with Gasteiger partial charge in [0.2, 0.25) is 0 Å². The van der Waals surface area contributed by atoms with Gasteiger partial charge in [-0.1, -0.05) is 29.8 Å². The number of rotatable bonds is 4. The number of halogens is 1. The van der Waals surface area contributed by atoms with E-state index in [2.05, 4.69) is 0 Å². The van der Waals surface area contributed by atoms with Gasteiger partial charge in [0.25, 0.3) is 5.91 Å². The zero-order chi connectivity index (χ0) is 17.1. The smallest absolute Gasteiger partial charge is 0.331 e. The van der Waals surface area contributed by atoms with Crippen LogP contribution in [0.3, 0.4) is 0 Å². The Hall–Kier alpha value is -1.85. The quantitative estimate of drug-likeness (QED) is 0.606. The van der Waals surface area contributed by atoms with Gasteiger partial charge >= 0.3 is 5.97 Å². The number of nitrogens with zero attached hydrogens (tertiary/aromatic N) is 1. The maximum atomic E-state index is 12.1. The summed E-state index contributed by atoms with van der Waals surface area (Å²) in [4.78, 5) is 26.6. The van der Waals surface area contributed by atoms with Gasteiger partial charge in [0.1, 0.15) is 0 Å². The molecule has 1 fully saturated rings. The number of carbonyl (C=O) groups excluding carboxylic acids is 2. The second kappa shape index (κ2) is 7.36. The molecular formula is C18H18ClNO3S. The first-order valence-corrected chi connectivity index (χ1v) is 9.10. The van der Waals surface area contributed by atoms with Crippen LogP contribution in [0.25, 0.3) is 16.2 Å². The Kier molecular flexibility index (Phi) is 5.21. The third-order valence-electron chi connectivity index (χ3n) is 3.99. The number of esters is 1. The van der Waals surface area contributed by atoms with Gasteiger partial charge in [-0.05, 0) is 31.9 Å². The number of fused-ring (bicyclic) bond motifs is 1. The van der Waals surface area contributed by atoms with Crippen molar-refractivity contribution in [3.8, 4) is 0 Å². The second-order valence-electron chi connectivity index (χ2n) is 5.72. The maximum absolute atomic E-state index is 12.1. The number of ether oxygens (including phenoxy) is 1. The second-order valence-corrected chi connectivity index (χ2v) is 7.18. The van der Waals surface area contributed by atoms with Crippen molar-refractivity contribution in [3.63, 3.8) is 0 Å². The first kappa shape index (κ1) is 17.0. The molecule has 1 aliphatic rings. The lowest BCUT2D eigenvalue weighted by atomic mass is 10.2. The van der Waals surface area contributed by atoms with Crippen LogP contribution in [0.4, 0.5) is 0 Å². The molecule has 4 nitrogen and oxygen atoms in total. The fourth-order valence-corrected chi connectivity index (χ4v) is 4.14. The Morgan fingerprint density at radius 2 is 2.00 bits per heavy atom. The molecule has 0 spiro atoms. The molecule has 1 aliphatic heterocycles. The zero-order valence-corrected chi connectivity index (χ0v) is 14.9. The Morgan fingerprint density at radius 3 is 2.71 bits per heavy atom. The van der Waals surface area contributed by atoms with E-state index in [4.69, 9.17) is 16.3 Å². The summed E-state index contributed by atoms with van der Waals surface area (Å²) in [7, 11) is 0. The van der Waals surface area contributed by atoms with Gasteiger partial charge in [-0.15, -0.1) is 11.3 Å². The predicted octanol–water partition coefficient (Wildman–Crippen LogP) is 4.12. The van der Waals surface area contributed by atoms with Gasteiger partial charge < -0.3 is 9.64 Å². The van der Waals surface area contributed by atoms with Gasteiger partial charge in [0.05, 0.1) is 5.02 Å². The van der Waals surface area contributed by atoms with Gasteiger partial charge in [-0.3, -0.25) is 4.79 Å². The third-order valence-corrected chi connectivity index (χ3v) is 5.64. The van der Waals surface area contributed by atoms with Gasteiger partial charge in [-0.2, -0.15) is 0 Å². The van der Waals surface area contributed by atoms with Crippen molar-refractivity contribution in [1.82, 2.24) is 4.90 Å². The molecule has 1 aromatic heterocycles. The van der Waals surface area contributed by atoms with E-state index in [9.17, 15) is 9.59 Å². The number of hydrogen-bond donors (Lipinski definition) is 0. The van der Waals surface area contributed by atoms with Gasteiger partial charge in [0.15, 0.2) is 6.10 Å². The van der Waals surface area contributed by atoms with Crippen LogP contribution in [0.1, 0.15) is 24.6 Å². The molecule has 1 atom stereocenters. The maximum Gasteiger partial charge on any atom is 0.331 e. The standard InChI is InChI=1S/C18H18ClNO3S/c1-12(18(22)20-10-4-5-11-20)23-16(21)9-8-15-17(19)13-6-2-3-7-14(13)24-15/h2-3,6-9,12H,4-5,10-11H2,1H3/b9-8+/t12-/m0/s1. The molecule has 2 aromatic rings. The number of thiophene rings is 1. The lowest BCUT2D eigenvalue weighted by Gasteiger charge is -2.19. The Morgan fingerprint density at radius 1 is 1.29 bits per heavy atom. The largest absolute Gasteiger partial charge is 0.449 e. The van der Waals surface area contributed by atoms with Crippen LogP contribution >= 0.6 is 22.9 Å². The van der Waals surface area contributed by atoms with E-state index >= 15 is 0 Å². The van der Waals surface area contributed by atoms with Crippen LogP contribution in [0.2, 0.25) is 5.02 Å². The highest BCUT2D eigenvalue weighted by atomic mass is 35.5. The Balaban J connectivity index is 1.64. The van der Waals surface area contributed by atoms with Crippen LogP contribution in [0.15, 0.2) is 30.3 Å². The summed E-state index contributed by atoms with van der Waals surface area (Å²) in [5.74, 6) is -0.669. The van der Waals surface area contributed by atoms with E-state index in [-0.39, 0.29) is 5.91 Å². The monoisotopic (exact) mass is 363 g/mol. The highest BCUT2D eigenvalue weighted by Crippen LogP contribution is 2.35.